The van der Waals surface area contributed by atoms with Gasteiger partial charge < -0.3 is 10.6 Å². The number of rotatable bonds is 5. The van der Waals surface area contributed by atoms with Crippen LogP contribution in [0.4, 0.5) is 15.8 Å². The highest BCUT2D eigenvalue weighted by molar-refractivity contribution is 6.39. The molecule has 0 radical (unpaired) electrons. The molecule has 21 heavy (non-hydrogen) atoms. The van der Waals surface area contributed by atoms with Crippen molar-refractivity contribution in [3.63, 3.8) is 0 Å². The van der Waals surface area contributed by atoms with E-state index in [1.807, 2.05) is 0 Å². The van der Waals surface area contributed by atoms with E-state index < -0.39 is 0 Å². The number of para-hydroxylation sites is 2. The summed E-state index contributed by atoms with van der Waals surface area (Å²) in [6, 6.07) is 11.3. The second kappa shape index (κ2) is 7.29. The van der Waals surface area contributed by atoms with Crippen molar-refractivity contribution in [2.45, 2.75) is 6.42 Å². The number of anilines is 2. The lowest BCUT2D eigenvalue weighted by Crippen LogP contribution is -2.17. The van der Waals surface area contributed by atoms with Crippen molar-refractivity contribution in [1.82, 2.24) is 0 Å². The Labute approximate surface area is 132 Å². The fraction of sp³-hybridized carbons (Fsp3) is 0.133. The lowest BCUT2D eigenvalue weighted by atomic mass is 10.3. The molecule has 0 heterocycles. The first-order valence-corrected chi connectivity index (χ1v) is 7.06. The molecule has 0 aliphatic carbocycles. The maximum atomic E-state index is 13.4. The number of nitrogens with one attached hydrogen (secondary N) is 2. The van der Waals surface area contributed by atoms with Crippen LogP contribution >= 0.6 is 23.2 Å². The minimum Gasteiger partial charge on any atom is -0.382 e. The van der Waals surface area contributed by atoms with Gasteiger partial charge in [-0.05, 0) is 24.3 Å². The minimum atomic E-state index is -0.355. The van der Waals surface area contributed by atoms with Gasteiger partial charge in [0.25, 0.3) is 0 Å². The maximum Gasteiger partial charge on any atom is 0.226 e. The van der Waals surface area contributed by atoms with E-state index in [0.29, 0.717) is 28.0 Å². The summed E-state index contributed by atoms with van der Waals surface area (Å²) in [7, 11) is 0. The first kappa shape index (κ1) is 15.6. The largest absolute Gasteiger partial charge is 0.382 e. The highest BCUT2D eigenvalue weighted by Gasteiger charge is 2.09. The van der Waals surface area contributed by atoms with Crippen molar-refractivity contribution in [3.8, 4) is 0 Å². The van der Waals surface area contributed by atoms with Crippen LogP contribution in [0.5, 0.6) is 0 Å². The quantitative estimate of drug-likeness (QED) is 0.844. The van der Waals surface area contributed by atoms with Gasteiger partial charge in [0.15, 0.2) is 0 Å². The predicted octanol–water partition coefficient (Wildman–Crippen LogP) is 4.57. The summed E-state index contributed by atoms with van der Waals surface area (Å²) in [4.78, 5) is 11.8. The molecule has 1 amide bonds. The van der Waals surface area contributed by atoms with Gasteiger partial charge in [-0.15, -0.1) is 0 Å². The fourth-order valence-electron chi connectivity index (χ4n) is 1.73. The first-order valence-electron chi connectivity index (χ1n) is 6.30. The lowest BCUT2D eigenvalue weighted by Gasteiger charge is -2.10. The SMILES string of the molecule is O=C(CCNc1ccccc1F)Nc1c(Cl)cccc1Cl. The summed E-state index contributed by atoms with van der Waals surface area (Å²) in [5.41, 5.74) is 0.748. The third kappa shape index (κ3) is 4.34. The number of halogens is 3. The van der Waals surface area contributed by atoms with Gasteiger partial charge in [-0.3, -0.25) is 4.79 Å². The molecule has 0 bridgehead atoms. The van der Waals surface area contributed by atoms with Gasteiger partial charge in [0.2, 0.25) is 5.91 Å². The van der Waals surface area contributed by atoms with Gasteiger partial charge in [0.05, 0.1) is 21.4 Å². The zero-order chi connectivity index (χ0) is 15.2. The molecular weight excluding hydrogens is 314 g/mol. The van der Waals surface area contributed by atoms with E-state index >= 15 is 0 Å². The van der Waals surface area contributed by atoms with Crippen LogP contribution in [-0.4, -0.2) is 12.5 Å². The number of amides is 1. The average Bonchev–Trinajstić information content (AvgIpc) is 2.45. The van der Waals surface area contributed by atoms with E-state index in [0.717, 1.165) is 0 Å². The molecule has 2 aromatic rings. The van der Waals surface area contributed by atoms with Crippen molar-refractivity contribution in [2.75, 3.05) is 17.2 Å². The van der Waals surface area contributed by atoms with E-state index in [9.17, 15) is 9.18 Å². The molecule has 3 nitrogen and oxygen atoms in total. The van der Waals surface area contributed by atoms with E-state index in [4.69, 9.17) is 23.2 Å². The standard InChI is InChI=1S/C15H13Cl2FN2O/c16-10-4-3-5-11(17)15(10)20-14(21)8-9-19-13-7-2-1-6-12(13)18/h1-7,19H,8-9H2,(H,20,21). The molecule has 0 aliphatic heterocycles. The monoisotopic (exact) mass is 326 g/mol. The number of hydrogen-bond donors (Lipinski definition) is 2. The lowest BCUT2D eigenvalue weighted by molar-refractivity contribution is -0.115. The topological polar surface area (TPSA) is 41.1 Å². The summed E-state index contributed by atoms with van der Waals surface area (Å²) in [5, 5.41) is 6.25. The fourth-order valence-corrected chi connectivity index (χ4v) is 2.23. The molecular formula is C15H13Cl2FN2O. The molecule has 0 aliphatic rings. The van der Waals surface area contributed by atoms with Crippen LogP contribution in [0.25, 0.3) is 0 Å². The normalized spacial score (nSPS) is 10.2. The summed E-state index contributed by atoms with van der Waals surface area (Å²) in [5.74, 6) is -0.610. The molecule has 2 rings (SSSR count). The van der Waals surface area contributed by atoms with E-state index in [2.05, 4.69) is 10.6 Å². The van der Waals surface area contributed by atoms with Crippen LogP contribution in [0.2, 0.25) is 10.0 Å². The molecule has 0 spiro atoms. The van der Waals surface area contributed by atoms with Gasteiger partial charge in [-0.25, -0.2) is 4.39 Å². The molecule has 110 valence electrons. The second-order valence-electron chi connectivity index (χ2n) is 4.30. The summed E-state index contributed by atoms with van der Waals surface area (Å²) in [6.07, 6.45) is 0.163. The molecule has 2 aromatic carbocycles. The van der Waals surface area contributed by atoms with Gasteiger partial charge in [-0.2, -0.15) is 0 Å². The van der Waals surface area contributed by atoms with Gasteiger partial charge in [0.1, 0.15) is 5.82 Å². The van der Waals surface area contributed by atoms with Crippen LogP contribution in [0, 0.1) is 5.82 Å². The third-order valence-electron chi connectivity index (χ3n) is 2.77. The molecule has 0 aromatic heterocycles. The smallest absolute Gasteiger partial charge is 0.226 e. The van der Waals surface area contributed by atoms with Crippen LogP contribution in [0.1, 0.15) is 6.42 Å². The Morgan fingerprint density at radius 2 is 1.71 bits per heavy atom. The molecule has 0 unspecified atom stereocenters. The molecule has 6 heteroatoms. The number of carbonyl (C=O) groups is 1. The van der Waals surface area contributed by atoms with Crippen LogP contribution in [-0.2, 0) is 4.79 Å². The minimum absolute atomic E-state index is 0.163. The highest BCUT2D eigenvalue weighted by atomic mass is 35.5. The third-order valence-corrected chi connectivity index (χ3v) is 3.40. The number of benzene rings is 2. The summed E-state index contributed by atoms with van der Waals surface area (Å²) >= 11 is 11.9. The Morgan fingerprint density at radius 3 is 2.38 bits per heavy atom. The number of carbonyl (C=O) groups excluding carboxylic acids is 1. The van der Waals surface area contributed by atoms with E-state index in [1.54, 1.807) is 36.4 Å². The zero-order valence-electron chi connectivity index (χ0n) is 11.0. The van der Waals surface area contributed by atoms with Crippen molar-refractivity contribution >= 4 is 40.5 Å². The Morgan fingerprint density at radius 1 is 1.05 bits per heavy atom. The Balaban J connectivity index is 1.87. The van der Waals surface area contributed by atoms with Gasteiger partial charge >= 0.3 is 0 Å². The molecule has 0 fully saturated rings. The van der Waals surface area contributed by atoms with Crippen molar-refractivity contribution in [1.29, 1.82) is 0 Å². The molecule has 0 saturated carbocycles. The van der Waals surface area contributed by atoms with E-state index in [-0.39, 0.29) is 18.1 Å². The second-order valence-corrected chi connectivity index (χ2v) is 5.12. The van der Waals surface area contributed by atoms with Crippen molar-refractivity contribution in [2.24, 2.45) is 0 Å². The maximum absolute atomic E-state index is 13.4. The van der Waals surface area contributed by atoms with Gasteiger partial charge in [-0.1, -0.05) is 41.4 Å². The molecule has 0 atom stereocenters. The van der Waals surface area contributed by atoms with Crippen LogP contribution in [0.15, 0.2) is 42.5 Å². The average molecular weight is 327 g/mol. The Bertz CT molecular complexity index is 629. The Hall–Kier alpha value is -1.78. The zero-order valence-corrected chi connectivity index (χ0v) is 12.5. The van der Waals surface area contributed by atoms with Crippen LogP contribution < -0.4 is 10.6 Å². The van der Waals surface area contributed by atoms with Crippen molar-refractivity contribution in [3.05, 3.63) is 58.3 Å². The molecule has 2 N–H and O–H groups in total. The summed E-state index contributed by atoms with van der Waals surface area (Å²) in [6.45, 7) is 0.300. The van der Waals surface area contributed by atoms with E-state index in [1.165, 1.54) is 6.07 Å². The Kier molecular flexibility index (Phi) is 5.42. The number of hydrogen-bond acceptors (Lipinski definition) is 2. The predicted molar refractivity (Wildman–Crippen MR) is 84.6 cm³/mol. The summed E-state index contributed by atoms with van der Waals surface area (Å²) < 4.78 is 13.4. The highest BCUT2D eigenvalue weighted by Crippen LogP contribution is 2.29. The van der Waals surface area contributed by atoms with Crippen molar-refractivity contribution < 1.29 is 9.18 Å². The van der Waals surface area contributed by atoms with Gasteiger partial charge in [0, 0.05) is 13.0 Å². The molecule has 0 saturated heterocycles. The first-order chi connectivity index (χ1) is 10.1. The van der Waals surface area contributed by atoms with Crippen LogP contribution in [0.3, 0.4) is 0 Å².